The second-order valence-corrected chi connectivity index (χ2v) is 3.93. The van der Waals surface area contributed by atoms with Crippen molar-refractivity contribution in [1.82, 2.24) is 0 Å². The largest absolute Gasteiger partial charge is 0.433 e. The first-order valence-electron chi connectivity index (χ1n) is 6.10. The molecule has 1 unspecified atom stereocenters. The number of esters is 1. The number of hydrogen-bond donors (Lipinski definition) is 1. The van der Waals surface area contributed by atoms with Crippen molar-refractivity contribution in [2.45, 2.75) is 65.3 Å². The lowest BCUT2D eigenvalue weighted by Crippen LogP contribution is -2.32. The molecule has 4 nitrogen and oxygen atoms in total. The van der Waals surface area contributed by atoms with E-state index in [0.29, 0.717) is 13.0 Å². The predicted molar refractivity (Wildman–Crippen MR) is 61.9 cm³/mol. The molecule has 0 bridgehead atoms. The Morgan fingerprint density at radius 2 is 1.94 bits per heavy atom. The van der Waals surface area contributed by atoms with Gasteiger partial charge in [-0.2, -0.15) is 0 Å². The predicted octanol–water partition coefficient (Wildman–Crippen LogP) is 2.24. The van der Waals surface area contributed by atoms with Gasteiger partial charge >= 0.3 is 5.97 Å². The normalized spacial score (nSPS) is 14.5. The van der Waals surface area contributed by atoms with E-state index in [1.54, 1.807) is 6.92 Å². The third-order valence-corrected chi connectivity index (χ3v) is 2.13. The van der Waals surface area contributed by atoms with Crippen LogP contribution in [-0.2, 0) is 14.3 Å². The molecule has 0 radical (unpaired) electrons. The SMILES string of the molecule is CCCCCOC(OC(=O)CCC)[C@@H](C)O. The van der Waals surface area contributed by atoms with Gasteiger partial charge in [-0.05, 0) is 19.8 Å². The van der Waals surface area contributed by atoms with Gasteiger partial charge in [0, 0.05) is 6.42 Å². The number of aliphatic hydroxyl groups is 1. The van der Waals surface area contributed by atoms with E-state index in [1.165, 1.54) is 0 Å². The van der Waals surface area contributed by atoms with Gasteiger partial charge in [0.25, 0.3) is 0 Å². The molecule has 0 aromatic carbocycles. The Balaban J connectivity index is 3.83. The Morgan fingerprint density at radius 3 is 2.44 bits per heavy atom. The van der Waals surface area contributed by atoms with Gasteiger partial charge in [-0.3, -0.25) is 4.79 Å². The fourth-order valence-corrected chi connectivity index (χ4v) is 1.22. The Hall–Kier alpha value is -0.610. The van der Waals surface area contributed by atoms with Crippen molar-refractivity contribution in [3.63, 3.8) is 0 Å². The molecular formula is C12H24O4. The smallest absolute Gasteiger partial charge is 0.308 e. The minimum Gasteiger partial charge on any atom is -0.433 e. The Morgan fingerprint density at radius 1 is 1.25 bits per heavy atom. The summed E-state index contributed by atoms with van der Waals surface area (Å²) in [5.41, 5.74) is 0. The van der Waals surface area contributed by atoms with Gasteiger partial charge in [-0.15, -0.1) is 0 Å². The highest BCUT2D eigenvalue weighted by Crippen LogP contribution is 2.06. The number of rotatable bonds is 9. The molecule has 0 fully saturated rings. The molecule has 0 rings (SSSR count). The van der Waals surface area contributed by atoms with Crippen molar-refractivity contribution in [2.75, 3.05) is 6.61 Å². The number of hydrogen-bond acceptors (Lipinski definition) is 4. The first kappa shape index (κ1) is 15.4. The molecule has 0 aliphatic carbocycles. The van der Waals surface area contributed by atoms with Crippen LogP contribution in [0.3, 0.4) is 0 Å². The monoisotopic (exact) mass is 232 g/mol. The summed E-state index contributed by atoms with van der Waals surface area (Å²) >= 11 is 0. The van der Waals surface area contributed by atoms with E-state index >= 15 is 0 Å². The summed E-state index contributed by atoms with van der Waals surface area (Å²) in [5, 5.41) is 9.38. The fraction of sp³-hybridized carbons (Fsp3) is 0.917. The van der Waals surface area contributed by atoms with Crippen LogP contribution < -0.4 is 0 Å². The summed E-state index contributed by atoms with van der Waals surface area (Å²) in [6.07, 6.45) is 2.60. The number of carbonyl (C=O) groups is 1. The van der Waals surface area contributed by atoms with Crippen molar-refractivity contribution in [1.29, 1.82) is 0 Å². The Bertz CT molecular complexity index is 180. The van der Waals surface area contributed by atoms with Crippen molar-refractivity contribution in [3.8, 4) is 0 Å². The molecule has 4 heteroatoms. The average molecular weight is 232 g/mol. The topological polar surface area (TPSA) is 55.8 Å². The third-order valence-electron chi connectivity index (χ3n) is 2.13. The van der Waals surface area contributed by atoms with E-state index in [2.05, 4.69) is 6.92 Å². The first-order chi connectivity index (χ1) is 7.61. The van der Waals surface area contributed by atoms with Gasteiger partial charge in [0.1, 0.15) is 6.10 Å². The number of carbonyl (C=O) groups excluding carboxylic acids is 1. The van der Waals surface area contributed by atoms with Crippen LogP contribution in [0.15, 0.2) is 0 Å². The maximum atomic E-state index is 11.2. The molecule has 0 aliphatic rings. The van der Waals surface area contributed by atoms with Gasteiger partial charge in [-0.1, -0.05) is 26.7 Å². The summed E-state index contributed by atoms with van der Waals surface area (Å²) in [6.45, 7) is 6.08. The summed E-state index contributed by atoms with van der Waals surface area (Å²) < 4.78 is 10.4. The molecular weight excluding hydrogens is 208 g/mol. The van der Waals surface area contributed by atoms with Gasteiger partial charge in [0.15, 0.2) is 0 Å². The van der Waals surface area contributed by atoms with Crippen molar-refractivity contribution in [3.05, 3.63) is 0 Å². The van der Waals surface area contributed by atoms with Crippen molar-refractivity contribution < 1.29 is 19.4 Å². The minimum atomic E-state index is -0.823. The average Bonchev–Trinajstić information content (AvgIpc) is 2.22. The molecule has 0 saturated carbocycles. The summed E-state index contributed by atoms with van der Waals surface area (Å²) in [4.78, 5) is 11.2. The quantitative estimate of drug-likeness (QED) is 0.376. The molecule has 0 saturated heterocycles. The van der Waals surface area contributed by atoms with Crippen LogP contribution >= 0.6 is 0 Å². The van der Waals surface area contributed by atoms with E-state index in [-0.39, 0.29) is 5.97 Å². The zero-order valence-corrected chi connectivity index (χ0v) is 10.6. The fourth-order valence-electron chi connectivity index (χ4n) is 1.22. The summed E-state index contributed by atoms with van der Waals surface area (Å²) in [5.74, 6) is -0.316. The van der Waals surface area contributed by atoms with Crippen LogP contribution in [0, 0.1) is 0 Å². The number of unbranched alkanes of at least 4 members (excludes halogenated alkanes) is 2. The lowest BCUT2D eigenvalue weighted by molar-refractivity contribution is -0.201. The molecule has 0 spiro atoms. The molecule has 0 heterocycles. The molecule has 16 heavy (non-hydrogen) atoms. The van der Waals surface area contributed by atoms with Gasteiger partial charge in [-0.25, -0.2) is 0 Å². The van der Waals surface area contributed by atoms with E-state index in [1.807, 2.05) is 6.92 Å². The molecule has 2 atom stereocenters. The Kier molecular flexibility index (Phi) is 9.24. The van der Waals surface area contributed by atoms with E-state index in [9.17, 15) is 9.90 Å². The van der Waals surface area contributed by atoms with Gasteiger partial charge in [0.2, 0.25) is 6.29 Å². The second-order valence-electron chi connectivity index (χ2n) is 3.93. The Labute approximate surface area is 97.9 Å². The van der Waals surface area contributed by atoms with Crippen molar-refractivity contribution >= 4 is 5.97 Å². The lowest BCUT2D eigenvalue weighted by atomic mass is 10.3. The lowest BCUT2D eigenvalue weighted by Gasteiger charge is -2.20. The highest BCUT2D eigenvalue weighted by atomic mass is 16.7. The van der Waals surface area contributed by atoms with E-state index in [4.69, 9.17) is 9.47 Å². The van der Waals surface area contributed by atoms with E-state index in [0.717, 1.165) is 25.7 Å². The molecule has 0 aromatic heterocycles. The maximum absolute atomic E-state index is 11.2. The van der Waals surface area contributed by atoms with Crippen LogP contribution in [0.25, 0.3) is 0 Å². The minimum absolute atomic E-state index is 0.316. The van der Waals surface area contributed by atoms with Crippen LogP contribution in [0.5, 0.6) is 0 Å². The first-order valence-corrected chi connectivity index (χ1v) is 6.10. The zero-order valence-electron chi connectivity index (χ0n) is 10.6. The molecule has 96 valence electrons. The molecule has 0 amide bonds. The van der Waals surface area contributed by atoms with Gasteiger partial charge in [0.05, 0.1) is 6.61 Å². The zero-order chi connectivity index (χ0) is 12.4. The van der Waals surface area contributed by atoms with E-state index < -0.39 is 12.4 Å². The van der Waals surface area contributed by atoms with Crippen LogP contribution in [-0.4, -0.2) is 30.1 Å². The highest BCUT2D eigenvalue weighted by molar-refractivity contribution is 5.69. The summed E-state index contributed by atoms with van der Waals surface area (Å²) in [7, 11) is 0. The number of ether oxygens (including phenoxy) is 2. The number of aliphatic hydroxyl groups excluding tert-OH is 1. The second kappa shape index (κ2) is 9.60. The van der Waals surface area contributed by atoms with Crippen LogP contribution in [0.2, 0.25) is 0 Å². The third kappa shape index (κ3) is 7.65. The molecule has 1 N–H and O–H groups in total. The van der Waals surface area contributed by atoms with Gasteiger partial charge < -0.3 is 14.6 Å². The summed E-state index contributed by atoms with van der Waals surface area (Å²) in [6, 6.07) is 0. The van der Waals surface area contributed by atoms with Crippen LogP contribution in [0.1, 0.15) is 52.9 Å². The highest BCUT2D eigenvalue weighted by Gasteiger charge is 2.19. The van der Waals surface area contributed by atoms with Crippen molar-refractivity contribution in [2.24, 2.45) is 0 Å². The maximum Gasteiger partial charge on any atom is 0.308 e. The standard InChI is InChI=1S/C12H24O4/c1-4-6-7-9-15-12(10(3)13)16-11(14)8-5-2/h10,12-13H,4-9H2,1-3H3/t10-,12?/m1/s1. The van der Waals surface area contributed by atoms with Crippen LogP contribution in [0.4, 0.5) is 0 Å². The molecule has 0 aliphatic heterocycles. The molecule has 0 aromatic rings.